The third kappa shape index (κ3) is 5.01. The fraction of sp³-hybridized carbons (Fsp3) is 0.200. The number of benzene rings is 1. The maximum Gasteiger partial charge on any atom is 0.271 e. The fourth-order valence-corrected chi connectivity index (χ4v) is 2.54. The van der Waals surface area contributed by atoms with E-state index in [0.29, 0.717) is 30.9 Å². The van der Waals surface area contributed by atoms with E-state index in [1.807, 2.05) is 43.3 Å². The van der Waals surface area contributed by atoms with Crippen LogP contribution in [0.25, 0.3) is 11.3 Å². The minimum atomic E-state index is -0.250. The second-order valence-electron chi connectivity index (χ2n) is 6.12. The van der Waals surface area contributed by atoms with Crippen molar-refractivity contribution >= 4 is 11.8 Å². The number of aryl methyl sites for hydroxylation is 1. The van der Waals surface area contributed by atoms with Crippen molar-refractivity contribution in [1.82, 2.24) is 25.8 Å². The molecule has 1 aromatic carbocycles. The molecule has 0 bridgehead atoms. The number of carbonyl (C=O) groups excluding carboxylic acids is 2. The van der Waals surface area contributed by atoms with E-state index in [1.54, 1.807) is 18.3 Å². The Bertz CT molecular complexity index is 921. The molecule has 2 amide bonds. The predicted molar refractivity (Wildman–Crippen MR) is 102 cm³/mol. The van der Waals surface area contributed by atoms with Crippen LogP contribution < -0.4 is 10.6 Å². The molecule has 0 aliphatic rings. The fourth-order valence-electron chi connectivity index (χ4n) is 2.54. The van der Waals surface area contributed by atoms with E-state index < -0.39 is 0 Å². The lowest BCUT2D eigenvalue weighted by atomic mass is 10.1. The van der Waals surface area contributed by atoms with Crippen LogP contribution in [0.3, 0.4) is 0 Å². The number of nitrogens with one attached hydrogen (secondary N) is 3. The van der Waals surface area contributed by atoms with Crippen molar-refractivity contribution in [2.24, 2.45) is 0 Å². The molecule has 7 heteroatoms. The van der Waals surface area contributed by atoms with Gasteiger partial charge in [0.05, 0.1) is 5.69 Å². The van der Waals surface area contributed by atoms with Gasteiger partial charge in [-0.2, -0.15) is 5.10 Å². The quantitative estimate of drug-likeness (QED) is 0.561. The number of carbonyl (C=O) groups is 2. The second kappa shape index (κ2) is 8.75. The van der Waals surface area contributed by atoms with Gasteiger partial charge in [0.1, 0.15) is 5.69 Å². The van der Waals surface area contributed by atoms with Gasteiger partial charge >= 0.3 is 0 Å². The molecule has 3 aromatic rings. The molecule has 2 aromatic heterocycles. The largest absolute Gasteiger partial charge is 0.351 e. The topological polar surface area (TPSA) is 99.8 Å². The number of rotatable bonds is 7. The summed E-state index contributed by atoms with van der Waals surface area (Å²) in [5.74, 6) is -0.468. The third-order valence-electron chi connectivity index (χ3n) is 3.97. The Kier molecular flexibility index (Phi) is 5.94. The molecule has 0 saturated heterocycles. The van der Waals surface area contributed by atoms with Crippen LogP contribution in [0.15, 0.2) is 54.7 Å². The summed E-state index contributed by atoms with van der Waals surface area (Å²) >= 11 is 0. The number of pyridine rings is 1. The zero-order chi connectivity index (χ0) is 19.1. The molecule has 2 heterocycles. The van der Waals surface area contributed by atoms with Gasteiger partial charge in [0.25, 0.3) is 11.8 Å². The monoisotopic (exact) mass is 363 g/mol. The van der Waals surface area contributed by atoms with Crippen LogP contribution in [0.4, 0.5) is 0 Å². The third-order valence-corrected chi connectivity index (χ3v) is 3.97. The standard InChI is InChI=1S/C20H21N5O2/c1-14-8-11-21-17(12-14)19(26)22-9-5-10-23-20(27)18-13-16(24-25-18)15-6-3-2-4-7-15/h2-4,6-8,11-13H,5,9-10H2,1H3,(H,22,26)(H,23,27)(H,24,25). The van der Waals surface area contributed by atoms with Crippen molar-refractivity contribution in [3.8, 4) is 11.3 Å². The second-order valence-corrected chi connectivity index (χ2v) is 6.12. The normalized spacial score (nSPS) is 10.4. The molecule has 7 nitrogen and oxygen atoms in total. The number of amides is 2. The summed E-state index contributed by atoms with van der Waals surface area (Å²) < 4.78 is 0. The lowest BCUT2D eigenvalue weighted by molar-refractivity contribution is 0.0946. The van der Waals surface area contributed by atoms with Crippen LogP contribution in [-0.2, 0) is 0 Å². The van der Waals surface area contributed by atoms with Crippen molar-refractivity contribution in [2.45, 2.75) is 13.3 Å². The molecule has 0 fully saturated rings. The maximum absolute atomic E-state index is 12.2. The number of aromatic amines is 1. The van der Waals surface area contributed by atoms with Crippen molar-refractivity contribution in [3.63, 3.8) is 0 Å². The Hall–Kier alpha value is -3.48. The van der Waals surface area contributed by atoms with E-state index in [0.717, 1.165) is 16.8 Å². The first-order chi connectivity index (χ1) is 13.1. The Morgan fingerprint density at radius 1 is 0.963 bits per heavy atom. The van der Waals surface area contributed by atoms with E-state index in [2.05, 4.69) is 25.8 Å². The molecule has 0 unspecified atom stereocenters. The van der Waals surface area contributed by atoms with Gasteiger partial charge in [-0.05, 0) is 42.7 Å². The molecule has 0 aliphatic carbocycles. The van der Waals surface area contributed by atoms with Crippen LogP contribution in [-0.4, -0.2) is 40.1 Å². The van der Waals surface area contributed by atoms with Gasteiger partial charge < -0.3 is 10.6 Å². The zero-order valence-corrected chi connectivity index (χ0v) is 15.0. The predicted octanol–water partition coefficient (Wildman–Crippen LogP) is 2.33. The SMILES string of the molecule is Cc1ccnc(C(=O)NCCCNC(=O)c2cc(-c3ccccc3)[nH]n2)c1. The van der Waals surface area contributed by atoms with E-state index in [9.17, 15) is 9.59 Å². The summed E-state index contributed by atoms with van der Waals surface area (Å²) in [6.45, 7) is 2.80. The molecular formula is C20H21N5O2. The summed E-state index contributed by atoms with van der Waals surface area (Å²) in [5, 5.41) is 12.5. The average molecular weight is 363 g/mol. The number of H-pyrrole nitrogens is 1. The smallest absolute Gasteiger partial charge is 0.271 e. The van der Waals surface area contributed by atoms with E-state index in [4.69, 9.17) is 0 Å². The van der Waals surface area contributed by atoms with Crippen molar-refractivity contribution in [2.75, 3.05) is 13.1 Å². The average Bonchev–Trinajstić information content (AvgIpc) is 3.18. The Morgan fingerprint density at radius 2 is 1.67 bits per heavy atom. The van der Waals surface area contributed by atoms with Gasteiger partial charge in [-0.3, -0.25) is 19.7 Å². The van der Waals surface area contributed by atoms with Crippen molar-refractivity contribution in [1.29, 1.82) is 0 Å². The Labute approximate surface area is 157 Å². The van der Waals surface area contributed by atoms with Crippen LogP contribution >= 0.6 is 0 Å². The van der Waals surface area contributed by atoms with Gasteiger partial charge in [0.15, 0.2) is 5.69 Å². The molecule has 27 heavy (non-hydrogen) atoms. The highest BCUT2D eigenvalue weighted by atomic mass is 16.2. The summed E-state index contributed by atoms with van der Waals surface area (Å²) in [7, 11) is 0. The number of nitrogens with zero attached hydrogens (tertiary/aromatic N) is 2. The highest BCUT2D eigenvalue weighted by Gasteiger charge is 2.11. The van der Waals surface area contributed by atoms with Crippen LogP contribution in [0.5, 0.6) is 0 Å². The molecule has 0 atom stereocenters. The van der Waals surface area contributed by atoms with Crippen LogP contribution in [0.2, 0.25) is 0 Å². The molecule has 3 N–H and O–H groups in total. The highest BCUT2D eigenvalue weighted by molar-refractivity contribution is 5.93. The molecule has 0 radical (unpaired) electrons. The van der Waals surface area contributed by atoms with Gasteiger partial charge in [-0.1, -0.05) is 30.3 Å². The lowest BCUT2D eigenvalue weighted by Crippen LogP contribution is -2.30. The van der Waals surface area contributed by atoms with Gasteiger partial charge in [-0.25, -0.2) is 0 Å². The van der Waals surface area contributed by atoms with Crippen LogP contribution in [0, 0.1) is 6.92 Å². The van der Waals surface area contributed by atoms with E-state index in [1.165, 1.54) is 0 Å². The summed E-state index contributed by atoms with van der Waals surface area (Å²) in [6.07, 6.45) is 2.22. The summed E-state index contributed by atoms with van der Waals surface area (Å²) in [6, 6.07) is 15.0. The summed E-state index contributed by atoms with van der Waals surface area (Å²) in [5.41, 5.74) is 3.47. The molecule has 0 spiro atoms. The molecule has 0 saturated carbocycles. The summed E-state index contributed by atoms with van der Waals surface area (Å²) in [4.78, 5) is 28.2. The molecule has 3 rings (SSSR count). The molecule has 0 aliphatic heterocycles. The van der Waals surface area contributed by atoms with Crippen LogP contribution in [0.1, 0.15) is 33.0 Å². The minimum absolute atomic E-state index is 0.218. The van der Waals surface area contributed by atoms with E-state index >= 15 is 0 Å². The number of hydrogen-bond donors (Lipinski definition) is 3. The molecule has 138 valence electrons. The van der Waals surface area contributed by atoms with Gasteiger partial charge in [0.2, 0.25) is 0 Å². The number of hydrogen-bond acceptors (Lipinski definition) is 4. The van der Waals surface area contributed by atoms with Crippen molar-refractivity contribution < 1.29 is 9.59 Å². The van der Waals surface area contributed by atoms with Crippen molar-refractivity contribution in [3.05, 3.63) is 71.7 Å². The zero-order valence-electron chi connectivity index (χ0n) is 15.0. The van der Waals surface area contributed by atoms with Gasteiger partial charge in [0, 0.05) is 19.3 Å². The molecular weight excluding hydrogens is 342 g/mol. The Morgan fingerprint density at radius 3 is 2.37 bits per heavy atom. The number of aromatic nitrogens is 3. The Balaban J connectivity index is 1.41. The maximum atomic E-state index is 12.2. The highest BCUT2D eigenvalue weighted by Crippen LogP contribution is 2.16. The van der Waals surface area contributed by atoms with Gasteiger partial charge in [-0.15, -0.1) is 0 Å². The first kappa shape index (κ1) is 18.3. The van der Waals surface area contributed by atoms with E-state index in [-0.39, 0.29) is 11.8 Å². The minimum Gasteiger partial charge on any atom is -0.351 e. The first-order valence-electron chi connectivity index (χ1n) is 8.73. The lowest BCUT2D eigenvalue weighted by Gasteiger charge is -2.06. The first-order valence-corrected chi connectivity index (χ1v) is 8.73.